The van der Waals surface area contributed by atoms with E-state index in [1.165, 1.54) is 24.2 Å². The Bertz CT molecular complexity index is 584. The Morgan fingerprint density at radius 3 is 2.48 bits per heavy atom. The van der Waals surface area contributed by atoms with Crippen LogP contribution in [0.3, 0.4) is 0 Å². The molecular weight excluding hydrogens is 292 g/mol. The Labute approximate surface area is 137 Å². The lowest BCUT2D eigenvalue weighted by molar-refractivity contribution is -0.121. The fourth-order valence-corrected chi connectivity index (χ4v) is 3.59. The van der Waals surface area contributed by atoms with Gasteiger partial charge in [-0.1, -0.05) is 19.8 Å². The highest BCUT2D eigenvalue weighted by Crippen LogP contribution is 2.28. The smallest absolute Gasteiger partial charge is 0.251 e. The fourth-order valence-electron chi connectivity index (χ4n) is 3.59. The van der Waals surface area contributed by atoms with Crippen molar-refractivity contribution >= 4 is 17.5 Å². The van der Waals surface area contributed by atoms with Gasteiger partial charge in [0.25, 0.3) is 5.91 Å². The molecule has 0 bridgehead atoms. The van der Waals surface area contributed by atoms with Crippen LogP contribution in [0.5, 0.6) is 5.75 Å². The molecule has 3 unspecified atom stereocenters. The number of amides is 2. The van der Waals surface area contributed by atoms with E-state index < -0.39 is 6.04 Å². The molecule has 1 aliphatic heterocycles. The number of rotatable bonds is 4. The molecule has 5 nitrogen and oxygen atoms in total. The molecule has 124 valence electrons. The van der Waals surface area contributed by atoms with Crippen molar-refractivity contribution in [2.75, 3.05) is 12.0 Å². The molecule has 2 aliphatic rings. The molecule has 1 saturated carbocycles. The van der Waals surface area contributed by atoms with Gasteiger partial charge in [-0.05, 0) is 43.0 Å². The summed E-state index contributed by atoms with van der Waals surface area (Å²) in [5, 5.41) is 3.43. The van der Waals surface area contributed by atoms with Crippen LogP contribution in [-0.4, -0.2) is 31.0 Å². The molecular formula is C18H24N2O3. The van der Waals surface area contributed by atoms with E-state index in [0.29, 0.717) is 23.4 Å². The van der Waals surface area contributed by atoms with E-state index in [1.54, 1.807) is 31.4 Å². The van der Waals surface area contributed by atoms with Gasteiger partial charge in [-0.2, -0.15) is 0 Å². The third-order valence-electron chi connectivity index (χ3n) is 5.00. The zero-order valence-corrected chi connectivity index (χ0v) is 13.7. The van der Waals surface area contributed by atoms with Crippen molar-refractivity contribution in [2.24, 2.45) is 5.92 Å². The van der Waals surface area contributed by atoms with E-state index >= 15 is 0 Å². The van der Waals surface area contributed by atoms with Crippen molar-refractivity contribution in [1.82, 2.24) is 5.32 Å². The summed E-state index contributed by atoms with van der Waals surface area (Å²) < 4.78 is 5.12. The van der Waals surface area contributed by atoms with Gasteiger partial charge in [0.2, 0.25) is 5.91 Å². The van der Waals surface area contributed by atoms with Crippen molar-refractivity contribution < 1.29 is 14.3 Å². The largest absolute Gasteiger partial charge is 0.497 e. The topological polar surface area (TPSA) is 58.6 Å². The first kappa shape index (κ1) is 16.0. The van der Waals surface area contributed by atoms with Gasteiger partial charge in [0.05, 0.1) is 25.3 Å². The standard InChI is InChI=1S/C18H24N2O3/c1-12-5-3-4-6-15(12)19-16-11-17(21)20(18(16)22)13-7-9-14(23-2)10-8-13/h7-10,12,15-16,19H,3-6,11H2,1-2H3. The van der Waals surface area contributed by atoms with Crippen LogP contribution in [0.15, 0.2) is 24.3 Å². The SMILES string of the molecule is COc1ccc(N2C(=O)CC(NC3CCCCC3C)C2=O)cc1. The summed E-state index contributed by atoms with van der Waals surface area (Å²) in [4.78, 5) is 26.3. The van der Waals surface area contributed by atoms with Crippen molar-refractivity contribution in [3.63, 3.8) is 0 Å². The predicted molar refractivity (Wildman–Crippen MR) is 88.4 cm³/mol. The number of benzene rings is 1. The summed E-state index contributed by atoms with van der Waals surface area (Å²) in [6.07, 6.45) is 4.97. The molecule has 2 amide bonds. The molecule has 2 fully saturated rings. The Kier molecular flexibility index (Phi) is 4.66. The molecule has 1 N–H and O–H groups in total. The van der Waals surface area contributed by atoms with Gasteiger partial charge >= 0.3 is 0 Å². The molecule has 3 rings (SSSR count). The number of carbonyl (C=O) groups is 2. The van der Waals surface area contributed by atoms with E-state index in [1.807, 2.05) is 0 Å². The molecule has 1 aliphatic carbocycles. The molecule has 0 spiro atoms. The number of anilines is 1. The molecule has 0 aromatic heterocycles. The second kappa shape index (κ2) is 6.71. The highest BCUT2D eigenvalue weighted by atomic mass is 16.5. The number of carbonyl (C=O) groups excluding carboxylic acids is 2. The number of nitrogens with one attached hydrogen (secondary N) is 1. The number of methoxy groups -OCH3 is 1. The van der Waals surface area contributed by atoms with Crippen LogP contribution in [0.25, 0.3) is 0 Å². The summed E-state index contributed by atoms with van der Waals surface area (Å²) in [7, 11) is 1.59. The zero-order valence-electron chi connectivity index (χ0n) is 13.7. The second-order valence-corrected chi connectivity index (χ2v) is 6.56. The van der Waals surface area contributed by atoms with Gasteiger partial charge in [0.1, 0.15) is 5.75 Å². The Hall–Kier alpha value is -1.88. The summed E-state index contributed by atoms with van der Waals surface area (Å²) in [6.45, 7) is 2.22. The minimum Gasteiger partial charge on any atom is -0.497 e. The van der Waals surface area contributed by atoms with E-state index in [9.17, 15) is 9.59 Å². The van der Waals surface area contributed by atoms with Crippen LogP contribution in [-0.2, 0) is 9.59 Å². The lowest BCUT2D eigenvalue weighted by atomic mass is 9.85. The van der Waals surface area contributed by atoms with Crippen LogP contribution >= 0.6 is 0 Å². The lowest BCUT2D eigenvalue weighted by Gasteiger charge is -2.31. The summed E-state index contributed by atoms with van der Waals surface area (Å²) in [5.41, 5.74) is 0.613. The van der Waals surface area contributed by atoms with Gasteiger partial charge in [-0.25, -0.2) is 4.90 Å². The molecule has 23 heavy (non-hydrogen) atoms. The van der Waals surface area contributed by atoms with Gasteiger partial charge < -0.3 is 10.1 Å². The van der Waals surface area contributed by atoms with E-state index in [-0.39, 0.29) is 18.2 Å². The fraction of sp³-hybridized carbons (Fsp3) is 0.556. The van der Waals surface area contributed by atoms with Crippen LogP contribution in [0, 0.1) is 5.92 Å². The second-order valence-electron chi connectivity index (χ2n) is 6.56. The van der Waals surface area contributed by atoms with E-state index in [0.717, 1.165) is 6.42 Å². The van der Waals surface area contributed by atoms with Crippen molar-refractivity contribution in [1.29, 1.82) is 0 Å². The number of hydrogen-bond acceptors (Lipinski definition) is 4. The Morgan fingerprint density at radius 2 is 1.83 bits per heavy atom. The van der Waals surface area contributed by atoms with Gasteiger partial charge in [-0.15, -0.1) is 0 Å². The maximum Gasteiger partial charge on any atom is 0.251 e. The van der Waals surface area contributed by atoms with Crippen LogP contribution in [0.4, 0.5) is 5.69 Å². The Balaban J connectivity index is 1.71. The third-order valence-corrected chi connectivity index (χ3v) is 5.00. The van der Waals surface area contributed by atoms with Crippen LogP contribution in [0.1, 0.15) is 39.0 Å². The maximum atomic E-state index is 12.7. The quantitative estimate of drug-likeness (QED) is 0.867. The van der Waals surface area contributed by atoms with Crippen LogP contribution < -0.4 is 15.0 Å². The molecule has 1 aromatic carbocycles. The number of hydrogen-bond donors (Lipinski definition) is 1. The normalized spacial score (nSPS) is 28.3. The number of imide groups is 1. The van der Waals surface area contributed by atoms with Gasteiger partial charge in [-0.3, -0.25) is 9.59 Å². The monoisotopic (exact) mass is 316 g/mol. The first-order valence-electron chi connectivity index (χ1n) is 8.37. The summed E-state index contributed by atoms with van der Waals surface area (Å²) in [5.74, 6) is 0.985. The van der Waals surface area contributed by atoms with E-state index in [2.05, 4.69) is 12.2 Å². The average molecular weight is 316 g/mol. The predicted octanol–water partition coefficient (Wildman–Crippen LogP) is 2.50. The lowest BCUT2D eigenvalue weighted by Crippen LogP contribution is -2.47. The Morgan fingerprint density at radius 1 is 1.13 bits per heavy atom. The third kappa shape index (κ3) is 3.24. The minimum atomic E-state index is -0.393. The molecule has 1 aromatic rings. The summed E-state index contributed by atoms with van der Waals surface area (Å²) in [6, 6.07) is 6.97. The zero-order chi connectivity index (χ0) is 16.4. The highest BCUT2D eigenvalue weighted by molar-refractivity contribution is 6.22. The number of nitrogens with zero attached hydrogens (tertiary/aromatic N) is 1. The molecule has 5 heteroatoms. The average Bonchev–Trinajstić information content (AvgIpc) is 2.84. The summed E-state index contributed by atoms with van der Waals surface area (Å²) >= 11 is 0. The highest BCUT2D eigenvalue weighted by Gasteiger charge is 2.41. The molecule has 1 saturated heterocycles. The maximum absolute atomic E-state index is 12.7. The van der Waals surface area contributed by atoms with Gasteiger partial charge in [0.15, 0.2) is 0 Å². The minimum absolute atomic E-state index is 0.138. The van der Waals surface area contributed by atoms with Gasteiger partial charge in [0, 0.05) is 6.04 Å². The number of ether oxygens (including phenoxy) is 1. The first-order chi connectivity index (χ1) is 11.1. The van der Waals surface area contributed by atoms with E-state index in [4.69, 9.17) is 4.74 Å². The first-order valence-corrected chi connectivity index (χ1v) is 8.37. The molecule has 1 heterocycles. The molecule has 0 radical (unpaired) electrons. The van der Waals surface area contributed by atoms with Crippen molar-refractivity contribution in [2.45, 2.75) is 51.1 Å². The van der Waals surface area contributed by atoms with Crippen molar-refractivity contribution in [3.8, 4) is 5.75 Å². The van der Waals surface area contributed by atoms with Crippen molar-refractivity contribution in [3.05, 3.63) is 24.3 Å². The molecule has 3 atom stereocenters. The van der Waals surface area contributed by atoms with Crippen LogP contribution in [0.2, 0.25) is 0 Å².